The highest BCUT2D eigenvalue weighted by atomic mass is 127. The number of carbonyl (C=O) groups is 1. The van der Waals surface area contributed by atoms with E-state index in [0.29, 0.717) is 30.6 Å². The molecule has 0 bridgehead atoms. The molecular weight excluding hydrogens is 479 g/mol. The molecule has 152 valence electrons. The van der Waals surface area contributed by atoms with Gasteiger partial charge in [0.15, 0.2) is 5.96 Å². The van der Waals surface area contributed by atoms with Crippen LogP contribution in [0.4, 0.5) is 0 Å². The van der Waals surface area contributed by atoms with E-state index in [0.717, 1.165) is 37.5 Å². The minimum absolute atomic E-state index is 0. The van der Waals surface area contributed by atoms with Crippen LogP contribution < -0.4 is 20.7 Å². The Bertz CT molecular complexity index is 594. The van der Waals surface area contributed by atoms with Crippen molar-refractivity contribution in [2.75, 3.05) is 19.6 Å². The van der Waals surface area contributed by atoms with E-state index in [-0.39, 0.29) is 36.0 Å². The maximum atomic E-state index is 11.7. The summed E-state index contributed by atoms with van der Waals surface area (Å²) in [7, 11) is 0. The molecule has 3 N–H and O–H groups in total. The van der Waals surface area contributed by atoms with Gasteiger partial charge in [0.25, 0.3) is 0 Å². The Hall–Kier alpha value is -1.22. The highest BCUT2D eigenvalue weighted by Crippen LogP contribution is 2.18. The topological polar surface area (TPSA) is 74.8 Å². The van der Waals surface area contributed by atoms with Crippen molar-refractivity contribution >= 4 is 47.4 Å². The number of nitrogens with zero attached hydrogens (tertiary/aromatic N) is 1. The van der Waals surface area contributed by atoms with Crippen LogP contribution in [0.1, 0.15) is 39.5 Å². The van der Waals surface area contributed by atoms with Gasteiger partial charge in [0.1, 0.15) is 11.9 Å². The molecule has 0 radical (unpaired) electrons. The van der Waals surface area contributed by atoms with Crippen molar-refractivity contribution in [2.45, 2.75) is 51.7 Å². The lowest BCUT2D eigenvalue weighted by Gasteiger charge is -2.15. The van der Waals surface area contributed by atoms with Crippen LogP contribution in [0.25, 0.3) is 0 Å². The molecule has 1 aliphatic carbocycles. The van der Waals surface area contributed by atoms with E-state index in [1.165, 1.54) is 0 Å². The number of nitrogens with one attached hydrogen (secondary N) is 3. The van der Waals surface area contributed by atoms with Crippen LogP contribution in [0.5, 0.6) is 5.75 Å². The Morgan fingerprint density at radius 2 is 2.00 bits per heavy atom. The molecule has 2 rings (SSSR count). The third-order valence-electron chi connectivity index (χ3n) is 3.82. The minimum Gasteiger partial charge on any atom is -0.489 e. The number of rotatable bonds is 10. The summed E-state index contributed by atoms with van der Waals surface area (Å²) < 4.78 is 5.82. The molecule has 6 nitrogen and oxygen atoms in total. The Morgan fingerprint density at radius 3 is 2.63 bits per heavy atom. The third-order valence-corrected chi connectivity index (χ3v) is 4.07. The Balaban J connectivity index is 0.00000364. The molecule has 27 heavy (non-hydrogen) atoms. The molecule has 1 saturated carbocycles. The summed E-state index contributed by atoms with van der Waals surface area (Å²) in [5, 5.41) is 10.1. The number of carbonyl (C=O) groups excluding carboxylic acids is 1. The second-order valence-electron chi connectivity index (χ2n) is 6.47. The van der Waals surface area contributed by atoms with Gasteiger partial charge >= 0.3 is 0 Å². The molecule has 0 aromatic heterocycles. The van der Waals surface area contributed by atoms with Crippen LogP contribution in [-0.4, -0.2) is 43.6 Å². The summed E-state index contributed by atoms with van der Waals surface area (Å²) in [6.07, 6.45) is 3.50. The van der Waals surface area contributed by atoms with Crippen molar-refractivity contribution in [1.29, 1.82) is 0 Å². The van der Waals surface area contributed by atoms with Gasteiger partial charge in [-0.2, -0.15) is 0 Å². The van der Waals surface area contributed by atoms with Crippen LogP contribution in [0, 0.1) is 0 Å². The zero-order valence-electron chi connectivity index (χ0n) is 16.0. The number of amides is 1. The molecule has 1 aromatic rings. The fourth-order valence-electron chi connectivity index (χ4n) is 2.33. The van der Waals surface area contributed by atoms with Gasteiger partial charge in [0.05, 0.1) is 6.54 Å². The number of hydrogen-bond donors (Lipinski definition) is 3. The van der Waals surface area contributed by atoms with Gasteiger partial charge < -0.3 is 20.7 Å². The summed E-state index contributed by atoms with van der Waals surface area (Å²) in [4.78, 5) is 16.2. The predicted octanol–water partition coefficient (Wildman–Crippen LogP) is 3.34. The molecular formula is C19H30ClIN4O2. The Morgan fingerprint density at radius 1 is 1.30 bits per heavy atom. The van der Waals surface area contributed by atoms with Crippen LogP contribution in [0.3, 0.4) is 0 Å². The molecule has 0 saturated heterocycles. The largest absolute Gasteiger partial charge is 0.489 e. The van der Waals surface area contributed by atoms with E-state index in [1.54, 1.807) is 12.1 Å². The minimum atomic E-state index is -0.0593. The van der Waals surface area contributed by atoms with Gasteiger partial charge in [-0.15, -0.1) is 24.0 Å². The molecule has 1 aromatic carbocycles. The molecule has 8 heteroatoms. The highest BCUT2D eigenvalue weighted by molar-refractivity contribution is 14.0. The Kier molecular flexibility index (Phi) is 11.5. The zero-order chi connectivity index (χ0) is 18.8. The maximum Gasteiger partial charge on any atom is 0.220 e. The average molecular weight is 509 g/mol. The second-order valence-corrected chi connectivity index (χ2v) is 6.91. The monoisotopic (exact) mass is 508 g/mol. The number of ether oxygens (including phenoxy) is 1. The van der Waals surface area contributed by atoms with Gasteiger partial charge in [-0.3, -0.25) is 4.79 Å². The average Bonchev–Trinajstić information content (AvgIpc) is 3.42. The number of aliphatic imine (C=N–C) groups is 1. The van der Waals surface area contributed by atoms with Gasteiger partial charge in [-0.25, -0.2) is 4.99 Å². The van der Waals surface area contributed by atoms with Crippen LogP contribution in [-0.2, 0) is 4.79 Å². The first-order valence-corrected chi connectivity index (χ1v) is 9.68. The van der Waals surface area contributed by atoms with E-state index in [9.17, 15) is 4.79 Å². The Labute approximate surface area is 183 Å². The first-order valence-electron chi connectivity index (χ1n) is 9.30. The van der Waals surface area contributed by atoms with Gasteiger partial charge in [0, 0.05) is 30.6 Å². The fraction of sp³-hybridized carbons (Fsp3) is 0.579. The quantitative estimate of drug-likeness (QED) is 0.196. The van der Waals surface area contributed by atoms with Crippen molar-refractivity contribution in [3.8, 4) is 5.75 Å². The van der Waals surface area contributed by atoms with E-state index < -0.39 is 0 Å². The smallest absolute Gasteiger partial charge is 0.220 e. The fourth-order valence-corrected chi connectivity index (χ4v) is 2.45. The lowest BCUT2D eigenvalue weighted by molar-refractivity contribution is -0.121. The summed E-state index contributed by atoms with van der Waals surface area (Å²) in [6.45, 7) is 6.01. The van der Waals surface area contributed by atoms with Crippen LogP contribution in [0.15, 0.2) is 29.3 Å². The predicted molar refractivity (Wildman–Crippen MR) is 121 cm³/mol. The lowest BCUT2D eigenvalue weighted by Crippen LogP contribution is -2.39. The van der Waals surface area contributed by atoms with E-state index >= 15 is 0 Å². The molecule has 1 atom stereocenters. The molecule has 1 amide bonds. The van der Waals surface area contributed by atoms with E-state index in [1.807, 2.05) is 26.0 Å². The summed E-state index contributed by atoms with van der Waals surface area (Å²) in [5.41, 5.74) is 0. The zero-order valence-corrected chi connectivity index (χ0v) is 19.1. The number of hydrogen-bond acceptors (Lipinski definition) is 3. The molecule has 0 heterocycles. The third kappa shape index (κ3) is 10.6. The van der Waals surface area contributed by atoms with Crippen LogP contribution >= 0.6 is 35.6 Å². The normalized spacial score (nSPS) is 14.7. The number of benzene rings is 1. The molecule has 1 fully saturated rings. The molecule has 1 unspecified atom stereocenters. The van der Waals surface area contributed by atoms with Gasteiger partial charge in [-0.05, 0) is 57.4 Å². The SMILES string of the molecule is CCNC(=NCC(C)Oc1ccc(Cl)cc1)NCCCC(=O)NC1CC1.I. The van der Waals surface area contributed by atoms with Crippen molar-refractivity contribution < 1.29 is 9.53 Å². The first-order chi connectivity index (χ1) is 12.6. The van der Waals surface area contributed by atoms with Crippen molar-refractivity contribution in [1.82, 2.24) is 16.0 Å². The first kappa shape index (κ1) is 23.8. The molecule has 1 aliphatic rings. The van der Waals surface area contributed by atoms with Gasteiger partial charge in [0.2, 0.25) is 5.91 Å². The summed E-state index contributed by atoms with van der Waals surface area (Å²) in [5.74, 6) is 1.65. The second kappa shape index (κ2) is 13.0. The lowest BCUT2D eigenvalue weighted by atomic mass is 10.3. The number of halogens is 2. The number of guanidine groups is 1. The van der Waals surface area contributed by atoms with Crippen molar-refractivity contribution in [3.63, 3.8) is 0 Å². The molecule has 0 aliphatic heterocycles. The van der Waals surface area contributed by atoms with Crippen molar-refractivity contribution in [2.24, 2.45) is 4.99 Å². The van der Waals surface area contributed by atoms with E-state index in [4.69, 9.17) is 16.3 Å². The van der Waals surface area contributed by atoms with Crippen molar-refractivity contribution in [3.05, 3.63) is 29.3 Å². The summed E-state index contributed by atoms with van der Waals surface area (Å²) >= 11 is 5.87. The highest BCUT2D eigenvalue weighted by Gasteiger charge is 2.22. The van der Waals surface area contributed by atoms with Gasteiger partial charge in [-0.1, -0.05) is 11.6 Å². The summed E-state index contributed by atoms with van der Waals surface area (Å²) in [6, 6.07) is 7.73. The maximum absolute atomic E-state index is 11.7. The van der Waals surface area contributed by atoms with E-state index in [2.05, 4.69) is 20.9 Å². The van der Waals surface area contributed by atoms with Crippen LogP contribution in [0.2, 0.25) is 5.02 Å². The molecule has 0 spiro atoms. The standard InChI is InChI=1S/C19H29ClN4O2.HI/c1-3-21-19(22-12-4-5-18(25)24-16-8-9-16)23-13-14(2)26-17-10-6-15(20)7-11-17;/h6-7,10-11,14,16H,3-5,8-9,12-13H2,1-2H3,(H,24,25)(H2,21,22,23);1H.